The second kappa shape index (κ2) is 8.85. The molecule has 0 saturated heterocycles. The van der Waals surface area contributed by atoms with E-state index in [1.54, 1.807) is 7.11 Å². The van der Waals surface area contributed by atoms with Gasteiger partial charge >= 0.3 is 0 Å². The lowest BCUT2D eigenvalue weighted by Gasteiger charge is -2.17. The van der Waals surface area contributed by atoms with E-state index in [9.17, 15) is 0 Å². The van der Waals surface area contributed by atoms with Gasteiger partial charge in [-0.25, -0.2) is 0 Å². The summed E-state index contributed by atoms with van der Waals surface area (Å²) in [6.07, 6.45) is 2.30. The Kier molecular flexibility index (Phi) is 7.45. The predicted octanol–water partition coefficient (Wildman–Crippen LogP) is 4.01. The van der Waals surface area contributed by atoms with Crippen LogP contribution in [0.15, 0.2) is 18.2 Å². The zero-order chi connectivity index (χ0) is 15.0. The molecule has 0 atom stereocenters. The molecule has 20 heavy (non-hydrogen) atoms. The molecule has 1 aromatic carbocycles. The Morgan fingerprint density at radius 2 is 1.80 bits per heavy atom. The molecule has 0 fully saturated rings. The van der Waals surface area contributed by atoms with Gasteiger partial charge < -0.3 is 14.8 Å². The SMILES string of the molecule is CCC(CC)COc1ccc(CNC(C)C)cc1OC. The van der Waals surface area contributed by atoms with E-state index in [1.807, 2.05) is 6.07 Å². The molecule has 0 amide bonds. The van der Waals surface area contributed by atoms with Crippen LogP contribution >= 0.6 is 0 Å². The standard InChI is InChI=1S/C17H29NO2/c1-6-14(7-2)12-20-16-9-8-15(10-17(16)19-5)11-18-13(3)4/h8-10,13-14,18H,6-7,11-12H2,1-5H3. The summed E-state index contributed by atoms with van der Waals surface area (Å²) >= 11 is 0. The van der Waals surface area contributed by atoms with E-state index in [0.717, 1.165) is 37.5 Å². The van der Waals surface area contributed by atoms with E-state index in [0.29, 0.717) is 12.0 Å². The number of benzene rings is 1. The minimum absolute atomic E-state index is 0.479. The Morgan fingerprint density at radius 1 is 1.10 bits per heavy atom. The maximum Gasteiger partial charge on any atom is 0.161 e. The predicted molar refractivity (Wildman–Crippen MR) is 84.5 cm³/mol. The third kappa shape index (κ3) is 5.41. The Labute approximate surface area is 123 Å². The lowest BCUT2D eigenvalue weighted by molar-refractivity contribution is 0.230. The second-order valence-electron chi connectivity index (χ2n) is 5.51. The molecular weight excluding hydrogens is 250 g/mol. The average Bonchev–Trinajstić information content (AvgIpc) is 2.46. The molecule has 0 aromatic heterocycles. The van der Waals surface area contributed by atoms with Crippen molar-refractivity contribution < 1.29 is 9.47 Å². The fraction of sp³-hybridized carbons (Fsp3) is 0.647. The molecule has 0 spiro atoms. The molecule has 0 heterocycles. The minimum Gasteiger partial charge on any atom is -0.493 e. The first-order valence-corrected chi connectivity index (χ1v) is 7.63. The lowest BCUT2D eigenvalue weighted by Crippen LogP contribution is -2.21. The summed E-state index contributed by atoms with van der Waals surface area (Å²) in [6.45, 7) is 10.3. The van der Waals surface area contributed by atoms with Crippen LogP contribution in [0.5, 0.6) is 11.5 Å². The summed E-state index contributed by atoms with van der Waals surface area (Å²) in [5.74, 6) is 2.27. The van der Waals surface area contributed by atoms with E-state index in [1.165, 1.54) is 5.56 Å². The molecule has 3 heteroatoms. The quantitative estimate of drug-likeness (QED) is 0.741. The van der Waals surface area contributed by atoms with Gasteiger partial charge in [0, 0.05) is 12.6 Å². The molecule has 114 valence electrons. The largest absolute Gasteiger partial charge is 0.493 e. The first kappa shape index (κ1) is 16.8. The number of hydrogen-bond acceptors (Lipinski definition) is 3. The third-order valence-electron chi connectivity index (χ3n) is 3.57. The van der Waals surface area contributed by atoms with Crippen molar-refractivity contribution in [1.29, 1.82) is 0 Å². The maximum absolute atomic E-state index is 5.91. The van der Waals surface area contributed by atoms with Crippen molar-refractivity contribution in [1.82, 2.24) is 5.32 Å². The van der Waals surface area contributed by atoms with E-state index < -0.39 is 0 Å². The van der Waals surface area contributed by atoms with Crippen LogP contribution in [0, 0.1) is 5.92 Å². The van der Waals surface area contributed by atoms with E-state index in [4.69, 9.17) is 9.47 Å². The Balaban J connectivity index is 2.67. The Hall–Kier alpha value is -1.22. The van der Waals surface area contributed by atoms with Crippen LogP contribution in [-0.4, -0.2) is 19.8 Å². The highest BCUT2D eigenvalue weighted by Crippen LogP contribution is 2.29. The van der Waals surface area contributed by atoms with Gasteiger partial charge in [0.15, 0.2) is 11.5 Å². The molecule has 0 aliphatic rings. The zero-order valence-electron chi connectivity index (χ0n) is 13.5. The number of nitrogens with one attached hydrogen (secondary N) is 1. The van der Waals surface area contributed by atoms with Crippen molar-refractivity contribution in [3.05, 3.63) is 23.8 Å². The fourth-order valence-corrected chi connectivity index (χ4v) is 2.00. The van der Waals surface area contributed by atoms with Crippen molar-refractivity contribution in [2.75, 3.05) is 13.7 Å². The number of methoxy groups -OCH3 is 1. The highest BCUT2D eigenvalue weighted by Gasteiger charge is 2.09. The molecule has 1 aromatic rings. The van der Waals surface area contributed by atoms with Gasteiger partial charge in [0.2, 0.25) is 0 Å². The van der Waals surface area contributed by atoms with Gasteiger partial charge in [0.05, 0.1) is 13.7 Å². The number of hydrogen-bond donors (Lipinski definition) is 1. The highest BCUT2D eigenvalue weighted by molar-refractivity contribution is 5.43. The molecule has 0 radical (unpaired) electrons. The molecule has 0 bridgehead atoms. The van der Waals surface area contributed by atoms with Crippen LogP contribution in [0.1, 0.15) is 46.1 Å². The summed E-state index contributed by atoms with van der Waals surface area (Å²) < 4.78 is 11.3. The van der Waals surface area contributed by atoms with Crippen LogP contribution in [-0.2, 0) is 6.54 Å². The van der Waals surface area contributed by atoms with Gasteiger partial charge in [0.25, 0.3) is 0 Å². The van der Waals surface area contributed by atoms with Gasteiger partial charge in [-0.15, -0.1) is 0 Å². The Morgan fingerprint density at radius 3 is 2.35 bits per heavy atom. The van der Waals surface area contributed by atoms with Crippen LogP contribution in [0.2, 0.25) is 0 Å². The minimum atomic E-state index is 0.479. The van der Waals surface area contributed by atoms with E-state index in [2.05, 4.69) is 45.1 Å². The molecule has 0 aliphatic carbocycles. The highest BCUT2D eigenvalue weighted by atomic mass is 16.5. The van der Waals surface area contributed by atoms with Gasteiger partial charge in [-0.2, -0.15) is 0 Å². The molecule has 0 aliphatic heterocycles. The zero-order valence-corrected chi connectivity index (χ0v) is 13.5. The van der Waals surface area contributed by atoms with Crippen LogP contribution < -0.4 is 14.8 Å². The first-order valence-electron chi connectivity index (χ1n) is 7.63. The number of ether oxygens (including phenoxy) is 2. The Bertz CT molecular complexity index is 387. The lowest BCUT2D eigenvalue weighted by atomic mass is 10.1. The van der Waals surface area contributed by atoms with Crippen LogP contribution in [0.3, 0.4) is 0 Å². The van der Waals surface area contributed by atoms with Crippen molar-refractivity contribution in [3.8, 4) is 11.5 Å². The van der Waals surface area contributed by atoms with Crippen molar-refractivity contribution in [2.24, 2.45) is 5.92 Å². The fourth-order valence-electron chi connectivity index (χ4n) is 2.00. The van der Waals surface area contributed by atoms with Gasteiger partial charge in [-0.05, 0) is 23.6 Å². The van der Waals surface area contributed by atoms with Crippen LogP contribution in [0.4, 0.5) is 0 Å². The topological polar surface area (TPSA) is 30.5 Å². The van der Waals surface area contributed by atoms with Crippen molar-refractivity contribution in [2.45, 2.75) is 53.1 Å². The van der Waals surface area contributed by atoms with E-state index in [-0.39, 0.29) is 0 Å². The van der Waals surface area contributed by atoms with E-state index >= 15 is 0 Å². The van der Waals surface area contributed by atoms with Gasteiger partial charge in [-0.1, -0.05) is 46.6 Å². The summed E-state index contributed by atoms with van der Waals surface area (Å²) in [4.78, 5) is 0. The molecule has 3 nitrogen and oxygen atoms in total. The molecule has 1 N–H and O–H groups in total. The monoisotopic (exact) mass is 279 g/mol. The third-order valence-corrected chi connectivity index (χ3v) is 3.57. The van der Waals surface area contributed by atoms with Crippen LogP contribution in [0.25, 0.3) is 0 Å². The molecular formula is C17H29NO2. The molecule has 1 rings (SSSR count). The number of rotatable bonds is 9. The maximum atomic E-state index is 5.91. The summed E-state index contributed by atoms with van der Waals surface area (Å²) in [5, 5.41) is 3.40. The second-order valence-corrected chi connectivity index (χ2v) is 5.51. The van der Waals surface area contributed by atoms with Crippen molar-refractivity contribution >= 4 is 0 Å². The van der Waals surface area contributed by atoms with Gasteiger partial charge in [-0.3, -0.25) is 0 Å². The average molecular weight is 279 g/mol. The summed E-state index contributed by atoms with van der Waals surface area (Å²) in [7, 11) is 1.69. The normalized spacial score (nSPS) is 11.2. The summed E-state index contributed by atoms with van der Waals surface area (Å²) in [5.41, 5.74) is 1.21. The summed E-state index contributed by atoms with van der Waals surface area (Å²) in [6, 6.07) is 6.64. The van der Waals surface area contributed by atoms with Crippen molar-refractivity contribution in [3.63, 3.8) is 0 Å². The first-order chi connectivity index (χ1) is 9.60. The molecule has 0 saturated carbocycles. The smallest absolute Gasteiger partial charge is 0.161 e. The van der Waals surface area contributed by atoms with Gasteiger partial charge in [0.1, 0.15) is 0 Å². The molecule has 0 unspecified atom stereocenters.